The number of amides is 8. The molecule has 1 heterocycles. The van der Waals surface area contributed by atoms with E-state index in [4.69, 9.17) is 17.2 Å². The molecule has 0 radical (unpaired) electrons. The highest BCUT2D eigenvalue weighted by Gasteiger charge is 2.42. The molecule has 3 rings (SSSR count). The second-order valence-corrected chi connectivity index (χ2v) is 15.6. The maximum absolute atomic E-state index is 14.8. The second kappa shape index (κ2) is 22.5. The van der Waals surface area contributed by atoms with Crippen LogP contribution in [0.3, 0.4) is 0 Å². The Hall–Kier alpha value is -6.15. The molecule has 2 aromatic carbocycles. The molecule has 8 atom stereocenters. The quantitative estimate of drug-likeness (QED) is 0.0671. The van der Waals surface area contributed by atoms with Crippen molar-refractivity contribution in [2.45, 2.75) is 115 Å². The zero-order valence-electron chi connectivity index (χ0n) is 35.1. The normalized spacial score (nSPS) is 17.2. The minimum atomic E-state index is -1.78. The van der Waals surface area contributed by atoms with E-state index in [0.29, 0.717) is 18.2 Å². The number of aliphatic hydroxyl groups is 1. The van der Waals surface area contributed by atoms with Gasteiger partial charge in [0.25, 0.3) is 5.91 Å². The number of fused-ring (bicyclic) bond motifs is 1. The molecule has 20 nitrogen and oxygen atoms in total. The summed E-state index contributed by atoms with van der Waals surface area (Å²) in [5.41, 5.74) is 16.9. The van der Waals surface area contributed by atoms with Crippen LogP contribution < -0.4 is 43.4 Å². The van der Waals surface area contributed by atoms with Crippen molar-refractivity contribution in [3.63, 3.8) is 0 Å². The number of nitrogens with zero attached hydrogens (tertiary/aromatic N) is 2. The molecule has 12 N–H and O–H groups in total. The molecular weight excluding hydrogens is 795 g/mol. The lowest BCUT2D eigenvalue weighted by Gasteiger charge is -2.36. The molecular formula is C41H59N9O11. The lowest BCUT2D eigenvalue weighted by atomic mass is 9.98. The van der Waals surface area contributed by atoms with E-state index < -0.39 is 127 Å². The molecule has 0 bridgehead atoms. The van der Waals surface area contributed by atoms with E-state index in [1.165, 1.54) is 11.8 Å². The van der Waals surface area contributed by atoms with E-state index in [9.17, 15) is 53.4 Å². The largest absolute Gasteiger partial charge is 0.480 e. The van der Waals surface area contributed by atoms with E-state index in [1.807, 2.05) is 6.07 Å². The van der Waals surface area contributed by atoms with Crippen molar-refractivity contribution in [1.29, 1.82) is 0 Å². The number of carboxylic acids is 1. The zero-order chi connectivity index (χ0) is 45.7. The molecule has 61 heavy (non-hydrogen) atoms. The molecule has 20 heteroatoms. The van der Waals surface area contributed by atoms with Crippen LogP contribution in [0.1, 0.15) is 73.1 Å². The summed E-state index contributed by atoms with van der Waals surface area (Å²) in [5.74, 6) is -9.12. The number of anilines is 1. The van der Waals surface area contributed by atoms with Crippen LogP contribution in [0.5, 0.6) is 0 Å². The SMILES string of the molecule is CC[C@H](C)[C@H](NC(=O)[C@@H]1CCCN1C(=O)[C@H](C)N(C(=O)[C@H](CC(N)=O)NC(=O)[C@H](CCC(N)=O)NC(=O)[C@H](CO)NC(=O)[C@@H](N)C(C)C)c1ccc2ccccc2c1)C(=O)O. The maximum atomic E-state index is 14.8. The number of hydrogen-bond donors (Lipinski definition) is 9. The summed E-state index contributed by atoms with van der Waals surface area (Å²) >= 11 is 0. The number of carbonyl (C=O) groups excluding carboxylic acids is 8. The monoisotopic (exact) mass is 853 g/mol. The number of likely N-dealkylation sites (tertiary alicyclic amines) is 1. The van der Waals surface area contributed by atoms with Crippen molar-refractivity contribution in [3.05, 3.63) is 42.5 Å². The van der Waals surface area contributed by atoms with Gasteiger partial charge in [0.1, 0.15) is 36.3 Å². The zero-order valence-corrected chi connectivity index (χ0v) is 35.1. The minimum absolute atomic E-state index is 0.101. The smallest absolute Gasteiger partial charge is 0.326 e. The number of rotatable bonds is 22. The highest BCUT2D eigenvalue weighted by molar-refractivity contribution is 6.08. The van der Waals surface area contributed by atoms with Gasteiger partial charge in [-0.2, -0.15) is 0 Å². The minimum Gasteiger partial charge on any atom is -0.480 e. The van der Waals surface area contributed by atoms with Gasteiger partial charge < -0.3 is 53.6 Å². The Morgan fingerprint density at radius 2 is 1.43 bits per heavy atom. The van der Waals surface area contributed by atoms with Crippen LogP contribution in [0, 0.1) is 11.8 Å². The number of nitrogens with one attached hydrogen (secondary N) is 4. The third-order valence-corrected chi connectivity index (χ3v) is 10.8. The Bertz CT molecular complexity index is 1960. The first-order chi connectivity index (χ1) is 28.7. The number of aliphatic carboxylic acids is 1. The fourth-order valence-corrected chi connectivity index (χ4v) is 6.89. The summed E-state index contributed by atoms with van der Waals surface area (Å²) in [6.07, 6.45) is -0.582. The van der Waals surface area contributed by atoms with Gasteiger partial charge in [-0.05, 0) is 60.9 Å². The first-order valence-electron chi connectivity index (χ1n) is 20.2. The Kier molecular flexibility index (Phi) is 18.1. The lowest BCUT2D eigenvalue weighted by molar-refractivity contribution is -0.145. The molecule has 0 unspecified atom stereocenters. The van der Waals surface area contributed by atoms with Crippen molar-refractivity contribution >= 4 is 69.7 Å². The molecule has 2 aromatic rings. The molecule has 1 saturated heterocycles. The highest BCUT2D eigenvalue weighted by atomic mass is 16.4. The predicted molar refractivity (Wildman–Crippen MR) is 223 cm³/mol. The van der Waals surface area contributed by atoms with Crippen molar-refractivity contribution in [2.75, 3.05) is 18.1 Å². The van der Waals surface area contributed by atoms with Crippen LogP contribution in [0.2, 0.25) is 0 Å². The molecule has 1 fully saturated rings. The summed E-state index contributed by atoms with van der Waals surface area (Å²) in [5, 5.41) is 30.8. The third kappa shape index (κ3) is 13.2. The van der Waals surface area contributed by atoms with Crippen LogP contribution in [0.25, 0.3) is 10.8 Å². The van der Waals surface area contributed by atoms with Gasteiger partial charge in [0.2, 0.25) is 41.4 Å². The first kappa shape index (κ1) is 49.2. The van der Waals surface area contributed by atoms with Crippen LogP contribution in [-0.4, -0.2) is 124 Å². The topological polar surface area (TPSA) is 327 Å². The van der Waals surface area contributed by atoms with Crippen LogP contribution in [-0.2, 0) is 43.2 Å². The van der Waals surface area contributed by atoms with Crippen LogP contribution in [0.4, 0.5) is 5.69 Å². The number of primary amides is 2. The number of nitrogens with two attached hydrogens (primary N) is 3. The highest BCUT2D eigenvalue weighted by Crippen LogP contribution is 2.28. The van der Waals surface area contributed by atoms with E-state index >= 15 is 0 Å². The number of aliphatic hydroxyl groups excluding tert-OH is 1. The number of carboxylic acid groups (broad SMARTS) is 1. The molecule has 1 aliphatic rings. The van der Waals surface area contributed by atoms with Gasteiger partial charge in [-0.3, -0.25) is 43.3 Å². The summed E-state index contributed by atoms with van der Waals surface area (Å²) in [6.45, 7) is 7.39. The summed E-state index contributed by atoms with van der Waals surface area (Å²) in [6, 6.07) is 2.30. The van der Waals surface area contributed by atoms with Gasteiger partial charge in [0.15, 0.2) is 0 Å². The molecule has 0 aromatic heterocycles. The number of carbonyl (C=O) groups is 9. The van der Waals surface area contributed by atoms with Crippen LogP contribution >= 0.6 is 0 Å². The van der Waals surface area contributed by atoms with Crippen molar-refractivity contribution in [3.8, 4) is 0 Å². The Morgan fingerprint density at radius 1 is 0.820 bits per heavy atom. The van der Waals surface area contributed by atoms with E-state index in [-0.39, 0.29) is 24.6 Å². The predicted octanol–water partition coefficient (Wildman–Crippen LogP) is -1.26. The summed E-state index contributed by atoms with van der Waals surface area (Å²) in [7, 11) is 0. The Balaban J connectivity index is 2.02. The number of hydrogen-bond acceptors (Lipinski definition) is 11. The first-order valence-corrected chi connectivity index (χ1v) is 20.2. The maximum Gasteiger partial charge on any atom is 0.326 e. The average molecular weight is 854 g/mol. The third-order valence-electron chi connectivity index (χ3n) is 10.8. The van der Waals surface area contributed by atoms with E-state index in [2.05, 4.69) is 21.3 Å². The van der Waals surface area contributed by atoms with E-state index in [1.54, 1.807) is 64.1 Å². The summed E-state index contributed by atoms with van der Waals surface area (Å²) < 4.78 is 0. The molecule has 8 amide bonds. The van der Waals surface area contributed by atoms with Crippen molar-refractivity contribution in [1.82, 2.24) is 26.2 Å². The molecule has 1 aliphatic heterocycles. The van der Waals surface area contributed by atoms with Gasteiger partial charge in [-0.15, -0.1) is 0 Å². The van der Waals surface area contributed by atoms with Gasteiger partial charge >= 0.3 is 5.97 Å². The van der Waals surface area contributed by atoms with Gasteiger partial charge in [-0.25, -0.2) is 4.79 Å². The van der Waals surface area contributed by atoms with Crippen molar-refractivity contribution in [2.24, 2.45) is 29.0 Å². The van der Waals surface area contributed by atoms with Gasteiger partial charge in [0.05, 0.1) is 19.1 Å². The van der Waals surface area contributed by atoms with Crippen LogP contribution in [0.15, 0.2) is 42.5 Å². The standard InChI is InChI=1S/C41H59N9O11/c1-6-22(4)34(41(60)61)48-37(56)30-12-9-17-49(30)39(58)23(5)50(26-14-13-24-10-7-8-11-25(24)18-26)40(59)28(19-32(43)53)46-35(54)27(15-16-31(42)52)45-36(55)29(20-51)47-38(57)33(44)21(2)3/h7-8,10-11,13-14,18,21-23,27-30,33-34,51H,6,9,12,15-17,19-20,44H2,1-5H3,(H2,42,52)(H2,43,53)(H,45,55)(H,46,54)(H,47,57)(H,48,56)(H,60,61)/t22-,23-,27-,28-,29-,30-,33-,34-/m0/s1. The fraction of sp³-hybridized carbons (Fsp3) is 0.537. The average Bonchev–Trinajstić information content (AvgIpc) is 3.72. The Labute approximate surface area is 353 Å². The molecule has 334 valence electrons. The fourth-order valence-electron chi connectivity index (χ4n) is 6.89. The summed E-state index contributed by atoms with van der Waals surface area (Å²) in [4.78, 5) is 121. The van der Waals surface area contributed by atoms with E-state index in [0.717, 1.165) is 10.3 Å². The number of benzene rings is 2. The molecule has 0 spiro atoms. The second-order valence-electron chi connectivity index (χ2n) is 15.6. The molecule has 0 saturated carbocycles. The van der Waals surface area contributed by atoms with Crippen molar-refractivity contribution < 1.29 is 53.4 Å². The lowest BCUT2D eigenvalue weighted by Crippen LogP contribution is -2.61. The van der Waals surface area contributed by atoms with Gasteiger partial charge in [0, 0.05) is 18.7 Å². The van der Waals surface area contributed by atoms with Gasteiger partial charge in [-0.1, -0.05) is 64.4 Å². The molecule has 0 aliphatic carbocycles. The Morgan fingerprint density at radius 3 is 2.00 bits per heavy atom.